The standard InChI is InChI=1S/C17H17ClO/c1-13(2)12-17(19,14-8-4-3-5-9-14)15-10-6-7-11-16(15)18/h3-12,19H,1-2H3. The Morgan fingerprint density at radius 1 is 1.00 bits per heavy atom. The smallest absolute Gasteiger partial charge is 0.135 e. The van der Waals surface area contributed by atoms with E-state index in [0.717, 1.165) is 11.1 Å². The van der Waals surface area contributed by atoms with Crippen LogP contribution in [0.25, 0.3) is 0 Å². The van der Waals surface area contributed by atoms with Crippen molar-refractivity contribution in [3.8, 4) is 0 Å². The summed E-state index contributed by atoms with van der Waals surface area (Å²) in [5, 5.41) is 11.7. The van der Waals surface area contributed by atoms with Gasteiger partial charge in [-0.05, 0) is 31.6 Å². The van der Waals surface area contributed by atoms with E-state index >= 15 is 0 Å². The Hall–Kier alpha value is -1.57. The van der Waals surface area contributed by atoms with E-state index in [0.29, 0.717) is 10.6 Å². The fraction of sp³-hybridized carbons (Fsp3) is 0.176. The molecule has 0 aliphatic carbocycles. The predicted octanol–water partition coefficient (Wildman–Crippen LogP) is 4.54. The zero-order valence-corrected chi connectivity index (χ0v) is 11.9. The van der Waals surface area contributed by atoms with Crippen molar-refractivity contribution in [1.82, 2.24) is 0 Å². The molecule has 98 valence electrons. The van der Waals surface area contributed by atoms with Crippen LogP contribution in [0, 0.1) is 0 Å². The summed E-state index contributed by atoms with van der Waals surface area (Å²) in [6.07, 6.45) is 1.84. The fourth-order valence-electron chi connectivity index (χ4n) is 2.20. The van der Waals surface area contributed by atoms with Gasteiger partial charge in [0.2, 0.25) is 0 Å². The molecule has 2 heteroatoms. The molecule has 2 rings (SSSR count). The third-order valence-corrected chi connectivity index (χ3v) is 3.33. The molecule has 0 aliphatic heterocycles. The minimum atomic E-state index is -1.20. The van der Waals surface area contributed by atoms with Gasteiger partial charge in [-0.15, -0.1) is 0 Å². The lowest BCUT2D eigenvalue weighted by molar-refractivity contribution is 0.133. The van der Waals surface area contributed by atoms with Crippen LogP contribution in [0.3, 0.4) is 0 Å². The molecule has 19 heavy (non-hydrogen) atoms. The molecule has 0 spiro atoms. The molecule has 0 saturated heterocycles. The normalized spacial score (nSPS) is 13.7. The van der Waals surface area contributed by atoms with Crippen LogP contribution in [-0.2, 0) is 5.60 Å². The monoisotopic (exact) mass is 272 g/mol. The summed E-state index contributed by atoms with van der Waals surface area (Å²) in [4.78, 5) is 0. The van der Waals surface area contributed by atoms with Gasteiger partial charge >= 0.3 is 0 Å². The highest BCUT2D eigenvalue weighted by Crippen LogP contribution is 2.36. The van der Waals surface area contributed by atoms with Crippen molar-refractivity contribution in [3.05, 3.63) is 82.4 Å². The molecule has 0 bridgehead atoms. The second-order valence-corrected chi connectivity index (χ2v) is 5.24. The molecule has 0 aliphatic rings. The second-order valence-electron chi connectivity index (χ2n) is 4.83. The van der Waals surface area contributed by atoms with Gasteiger partial charge in [0.15, 0.2) is 0 Å². The summed E-state index contributed by atoms with van der Waals surface area (Å²) in [5.74, 6) is 0. The Labute approximate surface area is 119 Å². The molecule has 0 radical (unpaired) electrons. The number of aliphatic hydroxyl groups is 1. The lowest BCUT2D eigenvalue weighted by atomic mass is 9.85. The molecule has 0 heterocycles. The van der Waals surface area contributed by atoms with Crippen molar-refractivity contribution >= 4 is 11.6 Å². The van der Waals surface area contributed by atoms with Crippen LogP contribution in [0.4, 0.5) is 0 Å². The summed E-state index contributed by atoms with van der Waals surface area (Å²) >= 11 is 6.25. The van der Waals surface area contributed by atoms with Crippen LogP contribution in [0.1, 0.15) is 25.0 Å². The second kappa shape index (κ2) is 5.60. The molecule has 2 aromatic rings. The maximum absolute atomic E-state index is 11.1. The van der Waals surface area contributed by atoms with E-state index < -0.39 is 5.60 Å². The summed E-state index contributed by atoms with van der Waals surface area (Å²) in [5.41, 5.74) is 1.35. The van der Waals surface area contributed by atoms with Crippen LogP contribution in [0.15, 0.2) is 66.2 Å². The van der Waals surface area contributed by atoms with Crippen molar-refractivity contribution in [2.75, 3.05) is 0 Å². The Morgan fingerprint density at radius 3 is 2.16 bits per heavy atom. The van der Waals surface area contributed by atoms with Crippen molar-refractivity contribution in [2.45, 2.75) is 19.4 Å². The van der Waals surface area contributed by atoms with Crippen LogP contribution < -0.4 is 0 Å². The Morgan fingerprint density at radius 2 is 1.58 bits per heavy atom. The van der Waals surface area contributed by atoms with Gasteiger partial charge in [0.1, 0.15) is 5.60 Å². The predicted molar refractivity (Wildman–Crippen MR) is 80.3 cm³/mol. The zero-order valence-electron chi connectivity index (χ0n) is 11.1. The molecule has 2 aromatic carbocycles. The highest BCUT2D eigenvalue weighted by atomic mass is 35.5. The van der Waals surface area contributed by atoms with Gasteiger partial charge in [-0.25, -0.2) is 0 Å². The van der Waals surface area contributed by atoms with E-state index in [1.54, 1.807) is 6.07 Å². The molecule has 1 atom stereocenters. The molecular weight excluding hydrogens is 256 g/mol. The number of benzene rings is 2. The number of rotatable bonds is 3. The first-order chi connectivity index (χ1) is 9.04. The minimum absolute atomic E-state index is 0.561. The maximum atomic E-state index is 11.1. The lowest BCUT2D eigenvalue weighted by Gasteiger charge is -2.27. The van der Waals surface area contributed by atoms with Gasteiger partial charge in [0.05, 0.1) is 0 Å². The van der Waals surface area contributed by atoms with Crippen LogP contribution in [0.2, 0.25) is 5.02 Å². The van der Waals surface area contributed by atoms with Gasteiger partial charge in [0.25, 0.3) is 0 Å². The molecule has 1 N–H and O–H groups in total. The lowest BCUT2D eigenvalue weighted by Crippen LogP contribution is -2.25. The Bertz CT molecular complexity index is 585. The zero-order chi connectivity index (χ0) is 13.9. The molecular formula is C17H17ClO. The quantitative estimate of drug-likeness (QED) is 0.813. The van der Waals surface area contributed by atoms with E-state index in [1.807, 2.05) is 68.5 Å². The van der Waals surface area contributed by atoms with Gasteiger partial charge in [-0.2, -0.15) is 0 Å². The number of allylic oxidation sites excluding steroid dienone is 1. The van der Waals surface area contributed by atoms with E-state index in [2.05, 4.69) is 0 Å². The Kier molecular flexibility index (Phi) is 4.08. The van der Waals surface area contributed by atoms with Gasteiger partial charge < -0.3 is 5.11 Å². The fourth-order valence-corrected chi connectivity index (χ4v) is 2.48. The Balaban J connectivity index is 2.66. The molecule has 0 aromatic heterocycles. The third kappa shape index (κ3) is 2.89. The molecule has 0 fully saturated rings. The third-order valence-electron chi connectivity index (χ3n) is 3.00. The topological polar surface area (TPSA) is 20.2 Å². The van der Waals surface area contributed by atoms with E-state index in [-0.39, 0.29) is 0 Å². The van der Waals surface area contributed by atoms with E-state index in [1.165, 1.54) is 0 Å². The average Bonchev–Trinajstić information content (AvgIpc) is 2.39. The number of halogens is 1. The number of hydrogen-bond donors (Lipinski definition) is 1. The van der Waals surface area contributed by atoms with Gasteiger partial charge in [-0.1, -0.05) is 65.7 Å². The van der Waals surface area contributed by atoms with Gasteiger partial charge in [-0.3, -0.25) is 0 Å². The molecule has 0 amide bonds. The van der Waals surface area contributed by atoms with Crippen molar-refractivity contribution in [3.63, 3.8) is 0 Å². The van der Waals surface area contributed by atoms with E-state index in [9.17, 15) is 5.11 Å². The SMILES string of the molecule is CC(C)=CC(O)(c1ccccc1)c1ccccc1Cl. The summed E-state index contributed by atoms with van der Waals surface area (Å²) in [6, 6.07) is 17.0. The number of hydrogen-bond acceptors (Lipinski definition) is 1. The first-order valence-electron chi connectivity index (χ1n) is 6.23. The summed E-state index contributed by atoms with van der Waals surface area (Å²) in [7, 11) is 0. The van der Waals surface area contributed by atoms with Crippen molar-refractivity contribution in [2.24, 2.45) is 0 Å². The van der Waals surface area contributed by atoms with Crippen LogP contribution in [0.5, 0.6) is 0 Å². The largest absolute Gasteiger partial charge is 0.377 e. The van der Waals surface area contributed by atoms with Gasteiger partial charge in [0, 0.05) is 10.6 Å². The molecule has 0 saturated carbocycles. The highest BCUT2D eigenvalue weighted by molar-refractivity contribution is 6.31. The minimum Gasteiger partial charge on any atom is -0.377 e. The van der Waals surface area contributed by atoms with Crippen LogP contribution in [-0.4, -0.2) is 5.11 Å². The maximum Gasteiger partial charge on any atom is 0.135 e. The highest BCUT2D eigenvalue weighted by Gasteiger charge is 2.30. The van der Waals surface area contributed by atoms with Crippen molar-refractivity contribution < 1.29 is 5.11 Å². The van der Waals surface area contributed by atoms with E-state index in [4.69, 9.17) is 11.6 Å². The first kappa shape index (κ1) is 13.9. The van der Waals surface area contributed by atoms with Crippen LogP contribution >= 0.6 is 11.6 Å². The molecule has 1 nitrogen and oxygen atoms in total. The average molecular weight is 273 g/mol. The summed E-state index contributed by atoms with van der Waals surface area (Å²) < 4.78 is 0. The first-order valence-corrected chi connectivity index (χ1v) is 6.61. The summed E-state index contributed by atoms with van der Waals surface area (Å²) in [6.45, 7) is 3.93. The molecule has 1 unspecified atom stereocenters. The van der Waals surface area contributed by atoms with Crippen molar-refractivity contribution in [1.29, 1.82) is 0 Å².